The van der Waals surface area contributed by atoms with Gasteiger partial charge in [0.15, 0.2) is 0 Å². The zero-order chi connectivity index (χ0) is 14.7. The van der Waals surface area contributed by atoms with E-state index < -0.39 is 0 Å². The van der Waals surface area contributed by atoms with Crippen LogP contribution in [0.15, 0.2) is 54.6 Å². The van der Waals surface area contributed by atoms with E-state index in [9.17, 15) is 4.79 Å². The van der Waals surface area contributed by atoms with Crippen molar-refractivity contribution in [3.05, 3.63) is 71.3 Å². The molecule has 1 atom stereocenters. The normalized spacial score (nSPS) is 16.3. The van der Waals surface area contributed by atoms with Crippen molar-refractivity contribution in [3.63, 3.8) is 0 Å². The smallest absolute Gasteiger partial charge is 0.244 e. The molecule has 0 spiro atoms. The lowest BCUT2D eigenvalue weighted by atomic mass is 9.77. The Labute approximate surface area is 124 Å². The van der Waals surface area contributed by atoms with E-state index in [-0.39, 0.29) is 5.91 Å². The van der Waals surface area contributed by atoms with E-state index in [4.69, 9.17) is 5.73 Å². The van der Waals surface area contributed by atoms with E-state index in [0.29, 0.717) is 12.5 Å². The number of carbonyl (C=O) groups excluding carboxylic acids is 1. The van der Waals surface area contributed by atoms with Crippen LogP contribution < -0.4 is 11.1 Å². The topological polar surface area (TPSA) is 55.1 Å². The van der Waals surface area contributed by atoms with Gasteiger partial charge >= 0.3 is 0 Å². The minimum atomic E-state index is -0.0591. The van der Waals surface area contributed by atoms with Crippen LogP contribution >= 0.6 is 0 Å². The van der Waals surface area contributed by atoms with Crippen LogP contribution in [0.2, 0.25) is 0 Å². The molecule has 3 nitrogen and oxygen atoms in total. The highest BCUT2D eigenvalue weighted by Crippen LogP contribution is 2.33. The zero-order valence-electron chi connectivity index (χ0n) is 11.8. The molecule has 1 aliphatic rings. The van der Waals surface area contributed by atoms with Crippen molar-refractivity contribution in [2.24, 2.45) is 0 Å². The number of carbonyl (C=O) groups is 1. The fourth-order valence-corrected chi connectivity index (χ4v) is 2.61. The molecule has 1 unspecified atom stereocenters. The first-order valence-corrected chi connectivity index (χ1v) is 7.11. The predicted molar refractivity (Wildman–Crippen MR) is 85.8 cm³/mol. The average molecular weight is 278 g/mol. The second-order valence-electron chi connectivity index (χ2n) is 5.35. The summed E-state index contributed by atoms with van der Waals surface area (Å²) >= 11 is 0. The van der Waals surface area contributed by atoms with Gasteiger partial charge in [0.05, 0.1) is 0 Å². The van der Waals surface area contributed by atoms with Crippen LogP contribution in [-0.4, -0.2) is 12.5 Å². The highest BCUT2D eigenvalue weighted by molar-refractivity contribution is 5.91. The summed E-state index contributed by atoms with van der Waals surface area (Å²) in [7, 11) is 0. The molecule has 0 fully saturated rings. The molecular weight excluding hydrogens is 260 g/mol. The Morgan fingerprint density at radius 3 is 2.71 bits per heavy atom. The molecule has 3 N–H and O–H groups in total. The van der Waals surface area contributed by atoms with Gasteiger partial charge in [-0.25, -0.2) is 0 Å². The largest absolute Gasteiger partial charge is 0.399 e. The maximum absolute atomic E-state index is 11.8. The number of anilines is 1. The first-order chi connectivity index (χ1) is 10.2. The van der Waals surface area contributed by atoms with Gasteiger partial charge in [0.2, 0.25) is 5.91 Å². The predicted octanol–water partition coefficient (Wildman–Crippen LogP) is 2.74. The van der Waals surface area contributed by atoms with E-state index >= 15 is 0 Å². The number of nitrogens with one attached hydrogen (secondary N) is 1. The quantitative estimate of drug-likeness (QED) is 0.667. The molecule has 3 heteroatoms. The Kier molecular flexibility index (Phi) is 3.73. The third kappa shape index (κ3) is 3.14. The minimum absolute atomic E-state index is 0.0591. The molecule has 21 heavy (non-hydrogen) atoms. The van der Waals surface area contributed by atoms with Crippen molar-refractivity contribution in [1.29, 1.82) is 0 Å². The van der Waals surface area contributed by atoms with Gasteiger partial charge < -0.3 is 11.1 Å². The molecule has 2 aromatic carbocycles. The molecule has 106 valence electrons. The van der Waals surface area contributed by atoms with Crippen LogP contribution in [0.3, 0.4) is 0 Å². The molecule has 1 aliphatic carbocycles. The number of hydrogen-bond acceptors (Lipinski definition) is 2. The van der Waals surface area contributed by atoms with Gasteiger partial charge in [0, 0.05) is 24.2 Å². The molecule has 0 heterocycles. The summed E-state index contributed by atoms with van der Waals surface area (Å²) in [4.78, 5) is 11.8. The van der Waals surface area contributed by atoms with Crippen LogP contribution in [0, 0.1) is 0 Å². The Morgan fingerprint density at radius 1 is 1.19 bits per heavy atom. The summed E-state index contributed by atoms with van der Waals surface area (Å²) in [5, 5.41) is 2.96. The number of hydrogen-bond donors (Lipinski definition) is 2. The summed E-state index contributed by atoms with van der Waals surface area (Å²) in [5.41, 5.74) is 10.1. The van der Waals surface area contributed by atoms with Crippen LogP contribution in [0.25, 0.3) is 6.08 Å². The lowest BCUT2D eigenvalue weighted by Crippen LogP contribution is -2.32. The molecule has 0 saturated carbocycles. The van der Waals surface area contributed by atoms with E-state index in [0.717, 1.165) is 17.7 Å². The first-order valence-electron chi connectivity index (χ1n) is 7.11. The van der Waals surface area contributed by atoms with Crippen LogP contribution in [0.4, 0.5) is 5.69 Å². The van der Waals surface area contributed by atoms with E-state index in [1.807, 2.05) is 30.3 Å². The van der Waals surface area contributed by atoms with Crippen LogP contribution in [0.5, 0.6) is 0 Å². The highest BCUT2D eigenvalue weighted by Gasteiger charge is 2.25. The van der Waals surface area contributed by atoms with Gasteiger partial charge in [0.25, 0.3) is 0 Å². The first kappa shape index (κ1) is 13.4. The summed E-state index contributed by atoms with van der Waals surface area (Å²) in [6, 6.07) is 15.8. The molecule has 0 radical (unpaired) electrons. The molecule has 0 aromatic heterocycles. The number of nitrogens with two attached hydrogens (primary N) is 1. The standard InChI is InChI=1S/C18H18N2O/c19-16-8-5-13(6-9-16)7-10-18(21)20-12-15-11-14-3-1-2-4-17(14)15/h1-10,15H,11-12,19H2,(H,20,21)/b10-7+. The van der Waals surface area contributed by atoms with Crippen molar-refractivity contribution in [1.82, 2.24) is 5.32 Å². The maximum Gasteiger partial charge on any atom is 0.244 e. The zero-order valence-corrected chi connectivity index (χ0v) is 11.8. The Morgan fingerprint density at radius 2 is 1.95 bits per heavy atom. The summed E-state index contributed by atoms with van der Waals surface area (Å²) < 4.78 is 0. The number of benzene rings is 2. The van der Waals surface area contributed by atoms with Gasteiger partial charge in [-0.15, -0.1) is 0 Å². The second kappa shape index (κ2) is 5.83. The van der Waals surface area contributed by atoms with Gasteiger partial charge in [0.1, 0.15) is 0 Å². The molecule has 0 bridgehead atoms. The molecule has 1 amide bonds. The fourth-order valence-electron chi connectivity index (χ4n) is 2.61. The molecular formula is C18H18N2O. The minimum Gasteiger partial charge on any atom is -0.399 e. The summed E-state index contributed by atoms with van der Waals surface area (Å²) in [6.45, 7) is 0.696. The van der Waals surface area contributed by atoms with Crippen molar-refractivity contribution in [3.8, 4) is 0 Å². The lowest BCUT2D eigenvalue weighted by Gasteiger charge is -2.29. The van der Waals surface area contributed by atoms with E-state index in [1.165, 1.54) is 11.1 Å². The Hall–Kier alpha value is -2.55. The molecule has 3 rings (SSSR count). The number of amides is 1. The SMILES string of the molecule is Nc1ccc(/C=C/C(=O)NCC2Cc3ccccc32)cc1. The Balaban J connectivity index is 1.50. The summed E-state index contributed by atoms with van der Waals surface area (Å²) in [5.74, 6) is 0.395. The van der Waals surface area contributed by atoms with Gasteiger partial charge in [-0.3, -0.25) is 4.79 Å². The lowest BCUT2D eigenvalue weighted by molar-refractivity contribution is -0.116. The average Bonchev–Trinajstić information content (AvgIpc) is 2.47. The molecule has 0 saturated heterocycles. The second-order valence-corrected chi connectivity index (χ2v) is 5.35. The van der Waals surface area contributed by atoms with Gasteiger partial charge in [-0.05, 0) is 41.3 Å². The van der Waals surface area contributed by atoms with Crippen molar-refractivity contribution >= 4 is 17.7 Å². The number of fused-ring (bicyclic) bond motifs is 1. The fraction of sp³-hybridized carbons (Fsp3) is 0.167. The van der Waals surface area contributed by atoms with E-state index in [2.05, 4.69) is 23.5 Å². The van der Waals surface area contributed by atoms with Crippen molar-refractivity contribution < 1.29 is 4.79 Å². The third-order valence-electron chi connectivity index (χ3n) is 3.85. The molecule has 0 aliphatic heterocycles. The Bertz CT molecular complexity index is 674. The third-order valence-corrected chi connectivity index (χ3v) is 3.85. The maximum atomic E-state index is 11.8. The van der Waals surface area contributed by atoms with Crippen molar-refractivity contribution in [2.45, 2.75) is 12.3 Å². The van der Waals surface area contributed by atoms with Crippen LogP contribution in [0.1, 0.15) is 22.6 Å². The number of nitrogen functional groups attached to an aromatic ring is 1. The monoisotopic (exact) mass is 278 g/mol. The number of rotatable bonds is 4. The molecule has 2 aromatic rings. The van der Waals surface area contributed by atoms with Gasteiger partial charge in [-0.2, -0.15) is 0 Å². The van der Waals surface area contributed by atoms with Crippen LogP contribution in [-0.2, 0) is 11.2 Å². The van der Waals surface area contributed by atoms with Crippen molar-refractivity contribution in [2.75, 3.05) is 12.3 Å². The van der Waals surface area contributed by atoms with Gasteiger partial charge in [-0.1, -0.05) is 36.4 Å². The highest BCUT2D eigenvalue weighted by atomic mass is 16.1. The van der Waals surface area contributed by atoms with E-state index in [1.54, 1.807) is 12.2 Å². The summed E-state index contributed by atoms with van der Waals surface area (Å²) in [6.07, 6.45) is 4.41.